The molecular weight excluding hydrogens is 246 g/mol. The first-order chi connectivity index (χ1) is 7.30. The Morgan fingerprint density at radius 1 is 1.38 bits per heavy atom. The molecule has 0 saturated heterocycles. The summed E-state index contributed by atoms with van der Waals surface area (Å²) in [6.45, 7) is 7.63. The lowest BCUT2D eigenvalue weighted by molar-refractivity contribution is 0.610. The maximum Gasteiger partial charge on any atom is 0.147 e. The van der Waals surface area contributed by atoms with Gasteiger partial charge < -0.3 is 0 Å². The molecule has 2 atom stereocenters. The quantitative estimate of drug-likeness (QED) is 0.908. The highest BCUT2D eigenvalue weighted by atomic mass is 35.5. The van der Waals surface area contributed by atoms with E-state index < -0.39 is 11.0 Å². The van der Waals surface area contributed by atoms with Crippen LogP contribution in [0, 0.1) is 0 Å². The van der Waals surface area contributed by atoms with E-state index in [0.717, 1.165) is 5.69 Å². The highest BCUT2D eigenvalue weighted by Crippen LogP contribution is 2.15. The van der Waals surface area contributed by atoms with Crippen LogP contribution in [0.5, 0.6) is 0 Å². The zero-order valence-electron chi connectivity index (χ0n) is 9.82. The van der Waals surface area contributed by atoms with Crippen molar-refractivity contribution < 1.29 is 4.21 Å². The molecule has 1 unspecified atom stereocenters. The Labute approximate surface area is 103 Å². The molecule has 1 aromatic heterocycles. The normalized spacial score (nSPS) is 15.8. The molecular formula is C10H16ClN3OS. The molecule has 0 radical (unpaired) electrons. The zero-order valence-corrected chi connectivity index (χ0v) is 11.4. The Hall–Kier alpha value is -0.520. The number of halogens is 1. The molecule has 0 aromatic carbocycles. The molecule has 0 aliphatic carbocycles. The molecule has 0 amide bonds. The minimum absolute atomic E-state index is 0.121. The monoisotopic (exact) mass is 261 g/mol. The first-order valence-electron chi connectivity index (χ1n) is 4.96. The lowest BCUT2D eigenvalue weighted by Crippen LogP contribution is -2.35. The highest BCUT2D eigenvalue weighted by molar-refractivity contribution is 7.84. The SMILES string of the molecule is C[C@H](NS(=O)C(C)(C)C)c1cnc(Cl)cn1. The van der Waals surface area contributed by atoms with E-state index in [4.69, 9.17) is 11.6 Å². The van der Waals surface area contributed by atoms with Crippen molar-refractivity contribution in [1.82, 2.24) is 14.7 Å². The summed E-state index contributed by atoms with van der Waals surface area (Å²) in [5, 5.41) is 0.355. The van der Waals surface area contributed by atoms with Gasteiger partial charge in [-0.05, 0) is 27.7 Å². The Bertz CT molecular complexity index is 375. The van der Waals surface area contributed by atoms with Crippen LogP contribution in [0.2, 0.25) is 5.15 Å². The number of hydrogen-bond donors (Lipinski definition) is 1. The molecule has 0 aliphatic rings. The molecule has 1 heterocycles. The maximum atomic E-state index is 11.8. The van der Waals surface area contributed by atoms with Crippen LogP contribution < -0.4 is 4.72 Å². The summed E-state index contributed by atoms with van der Waals surface area (Å²) >= 11 is 5.64. The smallest absolute Gasteiger partial charge is 0.147 e. The predicted molar refractivity (Wildman–Crippen MR) is 66.5 cm³/mol. The average molecular weight is 262 g/mol. The van der Waals surface area contributed by atoms with Gasteiger partial charge in [0.05, 0.1) is 39.9 Å². The van der Waals surface area contributed by atoms with E-state index in [-0.39, 0.29) is 10.8 Å². The number of nitrogens with one attached hydrogen (secondary N) is 1. The van der Waals surface area contributed by atoms with Gasteiger partial charge in [0, 0.05) is 0 Å². The van der Waals surface area contributed by atoms with Gasteiger partial charge >= 0.3 is 0 Å². The van der Waals surface area contributed by atoms with Gasteiger partial charge in [-0.3, -0.25) is 4.98 Å². The topological polar surface area (TPSA) is 54.9 Å². The molecule has 0 aliphatic heterocycles. The predicted octanol–water partition coefficient (Wildman–Crippen LogP) is 2.24. The Morgan fingerprint density at radius 2 is 2.00 bits per heavy atom. The molecule has 0 bridgehead atoms. The van der Waals surface area contributed by atoms with Crippen LogP contribution in [-0.4, -0.2) is 18.9 Å². The van der Waals surface area contributed by atoms with E-state index in [0.29, 0.717) is 5.15 Å². The van der Waals surface area contributed by atoms with Gasteiger partial charge in [0.15, 0.2) is 0 Å². The van der Waals surface area contributed by atoms with Crippen LogP contribution in [0.1, 0.15) is 39.4 Å². The fraction of sp³-hybridized carbons (Fsp3) is 0.600. The van der Waals surface area contributed by atoms with Gasteiger partial charge in [0.2, 0.25) is 0 Å². The summed E-state index contributed by atoms with van der Waals surface area (Å²) in [7, 11) is -1.12. The number of hydrogen-bond acceptors (Lipinski definition) is 3. The van der Waals surface area contributed by atoms with Gasteiger partial charge in [-0.1, -0.05) is 11.6 Å². The molecule has 1 rings (SSSR count). The van der Waals surface area contributed by atoms with E-state index in [2.05, 4.69) is 14.7 Å². The van der Waals surface area contributed by atoms with Crippen molar-refractivity contribution >= 4 is 22.6 Å². The van der Waals surface area contributed by atoms with Crippen LogP contribution >= 0.6 is 11.6 Å². The van der Waals surface area contributed by atoms with E-state index in [1.165, 1.54) is 6.20 Å². The number of nitrogens with zero attached hydrogens (tertiary/aromatic N) is 2. The highest BCUT2D eigenvalue weighted by Gasteiger charge is 2.22. The summed E-state index contributed by atoms with van der Waals surface area (Å²) in [6.07, 6.45) is 3.06. The second kappa shape index (κ2) is 5.21. The van der Waals surface area contributed by atoms with Crippen molar-refractivity contribution in [3.63, 3.8) is 0 Å². The standard InChI is InChI=1S/C10H16ClN3OS/c1-7(14-16(15)10(2,3)4)8-5-13-9(11)6-12-8/h5-7,14H,1-4H3/t7-,16?/m0/s1. The summed E-state index contributed by atoms with van der Waals surface area (Å²) < 4.78 is 14.5. The average Bonchev–Trinajstić information content (AvgIpc) is 2.17. The Balaban J connectivity index is 2.69. The lowest BCUT2D eigenvalue weighted by Gasteiger charge is -2.21. The molecule has 90 valence electrons. The van der Waals surface area contributed by atoms with Gasteiger partial charge in [0.25, 0.3) is 0 Å². The fourth-order valence-corrected chi connectivity index (χ4v) is 1.84. The van der Waals surface area contributed by atoms with Crippen LogP contribution in [0.15, 0.2) is 12.4 Å². The molecule has 0 spiro atoms. The van der Waals surface area contributed by atoms with Crippen molar-refractivity contribution in [3.8, 4) is 0 Å². The Morgan fingerprint density at radius 3 is 2.44 bits per heavy atom. The van der Waals surface area contributed by atoms with Crippen LogP contribution in [0.4, 0.5) is 0 Å². The zero-order chi connectivity index (χ0) is 12.3. The fourth-order valence-electron chi connectivity index (χ4n) is 0.944. The molecule has 4 nitrogen and oxygen atoms in total. The van der Waals surface area contributed by atoms with Crippen molar-refractivity contribution in [3.05, 3.63) is 23.2 Å². The van der Waals surface area contributed by atoms with Crippen LogP contribution in [-0.2, 0) is 11.0 Å². The van der Waals surface area contributed by atoms with Crippen LogP contribution in [0.25, 0.3) is 0 Å². The summed E-state index contributed by atoms with van der Waals surface area (Å²) in [5.41, 5.74) is 0.724. The van der Waals surface area contributed by atoms with Gasteiger partial charge in [-0.25, -0.2) is 13.9 Å². The van der Waals surface area contributed by atoms with Crippen molar-refractivity contribution in [2.45, 2.75) is 38.5 Å². The third-order valence-electron chi connectivity index (χ3n) is 1.92. The van der Waals surface area contributed by atoms with E-state index in [1.54, 1.807) is 6.20 Å². The van der Waals surface area contributed by atoms with Gasteiger partial charge in [0.1, 0.15) is 5.15 Å². The lowest BCUT2D eigenvalue weighted by atomic mass is 10.3. The molecule has 1 N–H and O–H groups in total. The first kappa shape index (κ1) is 13.5. The third-order valence-corrected chi connectivity index (χ3v) is 3.80. The summed E-state index contributed by atoms with van der Waals surface area (Å²) in [4.78, 5) is 8.06. The van der Waals surface area contributed by atoms with E-state index in [1.807, 2.05) is 27.7 Å². The molecule has 16 heavy (non-hydrogen) atoms. The van der Waals surface area contributed by atoms with Crippen molar-refractivity contribution in [2.24, 2.45) is 0 Å². The maximum absolute atomic E-state index is 11.8. The second-order valence-electron chi connectivity index (χ2n) is 4.48. The minimum atomic E-state index is -1.12. The van der Waals surface area contributed by atoms with Crippen molar-refractivity contribution in [1.29, 1.82) is 0 Å². The molecule has 0 fully saturated rings. The summed E-state index contributed by atoms with van der Waals surface area (Å²) in [5.74, 6) is 0. The first-order valence-corrected chi connectivity index (χ1v) is 6.49. The van der Waals surface area contributed by atoms with Gasteiger partial charge in [-0.2, -0.15) is 0 Å². The number of rotatable bonds is 3. The molecule has 1 aromatic rings. The molecule has 6 heteroatoms. The van der Waals surface area contributed by atoms with Crippen LogP contribution in [0.3, 0.4) is 0 Å². The largest absolute Gasteiger partial charge is 0.255 e. The van der Waals surface area contributed by atoms with E-state index in [9.17, 15) is 4.21 Å². The van der Waals surface area contributed by atoms with Gasteiger partial charge in [-0.15, -0.1) is 0 Å². The summed E-state index contributed by atoms with van der Waals surface area (Å²) in [6, 6.07) is -0.121. The number of aromatic nitrogens is 2. The molecule has 0 saturated carbocycles. The van der Waals surface area contributed by atoms with Crippen molar-refractivity contribution in [2.75, 3.05) is 0 Å². The second-order valence-corrected chi connectivity index (χ2v) is 6.87. The van der Waals surface area contributed by atoms with E-state index >= 15 is 0 Å². The minimum Gasteiger partial charge on any atom is -0.255 e. The third kappa shape index (κ3) is 3.81. The Kier molecular flexibility index (Phi) is 4.41.